The summed E-state index contributed by atoms with van der Waals surface area (Å²) in [7, 11) is 0. The van der Waals surface area contributed by atoms with Crippen LogP contribution in [0.2, 0.25) is 0 Å². The number of rotatable bonds is 16. The van der Waals surface area contributed by atoms with Gasteiger partial charge in [-0.25, -0.2) is 0 Å². The summed E-state index contributed by atoms with van der Waals surface area (Å²) in [5.41, 5.74) is 6.51. The van der Waals surface area contributed by atoms with Crippen LogP contribution in [0.4, 0.5) is 0 Å². The number of hydrogen-bond acceptors (Lipinski definition) is 1. The van der Waals surface area contributed by atoms with Crippen LogP contribution in [0.3, 0.4) is 0 Å². The van der Waals surface area contributed by atoms with Gasteiger partial charge in [0.1, 0.15) is 0 Å². The fourth-order valence-electron chi connectivity index (χ4n) is 6.59. The fraction of sp³-hybridized carbons (Fsp3) is 1.00. The van der Waals surface area contributed by atoms with Gasteiger partial charge in [-0.15, -0.1) is 0 Å². The lowest BCUT2D eigenvalue weighted by Crippen LogP contribution is -2.24. The summed E-state index contributed by atoms with van der Waals surface area (Å²) in [6.07, 6.45) is 13.8. The summed E-state index contributed by atoms with van der Waals surface area (Å²) in [5, 5.41) is 0. The molecule has 0 aliphatic heterocycles. The molecule has 0 spiro atoms. The number of hydrogen-bond donors (Lipinski definition) is 1. The predicted molar refractivity (Wildman–Crippen MR) is 132 cm³/mol. The van der Waals surface area contributed by atoms with Crippen LogP contribution in [0.25, 0.3) is 0 Å². The lowest BCUT2D eigenvalue weighted by molar-refractivity contribution is 0.153. The van der Waals surface area contributed by atoms with Gasteiger partial charge in [-0.1, -0.05) is 93.9 Å². The molecule has 0 bridgehead atoms. The maximum absolute atomic E-state index is 5.93. The molecule has 0 aromatic rings. The Kier molecular flexibility index (Phi) is 11.8. The van der Waals surface area contributed by atoms with Crippen LogP contribution in [-0.4, -0.2) is 6.04 Å². The Bertz CT molecular complexity index is 426. The van der Waals surface area contributed by atoms with E-state index in [1.807, 2.05) is 0 Å². The van der Waals surface area contributed by atoms with Gasteiger partial charge in [-0.2, -0.15) is 0 Å². The van der Waals surface area contributed by atoms with E-state index in [2.05, 4.69) is 62.3 Å². The Labute approximate surface area is 185 Å². The van der Waals surface area contributed by atoms with E-state index < -0.39 is 0 Å². The third-order valence-electron chi connectivity index (χ3n) is 8.38. The molecule has 0 amide bonds. The molecule has 1 fully saturated rings. The van der Waals surface area contributed by atoms with Crippen molar-refractivity contribution in [2.75, 3.05) is 0 Å². The average Bonchev–Trinajstić information content (AvgIpc) is 3.33. The van der Waals surface area contributed by atoms with Crippen molar-refractivity contribution in [1.29, 1.82) is 0 Å². The molecule has 0 aromatic carbocycles. The van der Waals surface area contributed by atoms with Crippen LogP contribution in [0.5, 0.6) is 0 Å². The van der Waals surface area contributed by atoms with Gasteiger partial charge in [-0.05, 0) is 79.4 Å². The van der Waals surface area contributed by atoms with Gasteiger partial charge < -0.3 is 5.73 Å². The van der Waals surface area contributed by atoms with E-state index in [9.17, 15) is 0 Å². The highest BCUT2D eigenvalue weighted by molar-refractivity contribution is 5.03. The Morgan fingerprint density at radius 3 is 1.93 bits per heavy atom. The topological polar surface area (TPSA) is 26.0 Å². The Morgan fingerprint density at radius 2 is 1.45 bits per heavy atom. The maximum Gasteiger partial charge on any atom is 0.00104 e. The summed E-state index contributed by atoms with van der Waals surface area (Å²) in [6, 6.07) is 0.367. The molecule has 1 nitrogen and oxygen atoms in total. The molecule has 29 heavy (non-hydrogen) atoms. The van der Waals surface area contributed by atoms with Gasteiger partial charge in [0.05, 0.1) is 0 Å². The average molecular weight is 408 g/mol. The fourth-order valence-corrected chi connectivity index (χ4v) is 6.59. The van der Waals surface area contributed by atoms with E-state index in [0.717, 1.165) is 41.4 Å². The van der Waals surface area contributed by atoms with E-state index in [4.69, 9.17) is 5.73 Å². The van der Waals surface area contributed by atoms with E-state index >= 15 is 0 Å². The Balaban J connectivity index is 2.68. The highest BCUT2D eigenvalue weighted by atomic mass is 14.6. The first kappa shape index (κ1) is 27.0. The molecule has 0 saturated heterocycles. The largest absolute Gasteiger partial charge is 0.328 e. The molecule has 174 valence electrons. The molecule has 0 heterocycles. The van der Waals surface area contributed by atoms with Crippen molar-refractivity contribution in [2.24, 2.45) is 52.6 Å². The van der Waals surface area contributed by atoms with Crippen molar-refractivity contribution in [3.05, 3.63) is 0 Å². The summed E-state index contributed by atoms with van der Waals surface area (Å²) in [5.74, 6) is 6.42. The molecule has 7 unspecified atom stereocenters. The van der Waals surface area contributed by atoms with E-state index in [1.54, 1.807) is 0 Å². The highest BCUT2D eigenvalue weighted by Gasteiger charge is 2.55. The third-order valence-corrected chi connectivity index (χ3v) is 8.38. The molecule has 2 N–H and O–H groups in total. The standard InChI is InChI=1S/C28H57N/c1-10-23(8)27-25(26(27)21(5)6)19-28(11-2,18-20(3)4)17-13-15-22(7)14-12-16-24(9)29/h20-27H,10-19,29H2,1-9H3. The van der Waals surface area contributed by atoms with Crippen molar-refractivity contribution >= 4 is 0 Å². The third kappa shape index (κ3) is 8.92. The second-order valence-electron chi connectivity index (χ2n) is 12.0. The van der Waals surface area contributed by atoms with Gasteiger partial charge in [0.25, 0.3) is 0 Å². The summed E-state index contributed by atoms with van der Waals surface area (Å²) in [4.78, 5) is 0. The zero-order valence-electron chi connectivity index (χ0n) is 21.8. The molecule has 1 heteroatoms. The minimum absolute atomic E-state index is 0.367. The van der Waals surface area contributed by atoms with Gasteiger partial charge in [0.2, 0.25) is 0 Å². The molecule has 1 aliphatic rings. The lowest BCUT2D eigenvalue weighted by atomic mass is 9.69. The molecule has 7 atom stereocenters. The van der Waals surface area contributed by atoms with Crippen LogP contribution in [0, 0.1) is 46.8 Å². The lowest BCUT2D eigenvalue weighted by Gasteiger charge is -2.36. The Hall–Kier alpha value is -0.0400. The first-order valence-corrected chi connectivity index (χ1v) is 13.3. The monoisotopic (exact) mass is 407 g/mol. The first-order chi connectivity index (χ1) is 13.6. The quantitative estimate of drug-likeness (QED) is 0.272. The summed E-state index contributed by atoms with van der Waals surface area (Å²) >= 11 is 0. The zero-order valence-corrected chi connectivity index (χ0v) is 21.8. The highest BCUT2D eigenvalue weighted by Crippen LogP contribution is 2.61. The van der Waals surface area contributed by atoms with Crippen molar-refractivity contribution in [1.82, 2.24) is 0 Å². The maximum atomic E-state index is 5.93. The molecule has 0 aromatic heterocycles. The van der Waals surface area contributed by atoms with Gasteiger partial charge >= 0.3 is 0 Å². The van der Waals surface area contributed by atoms with Crippen LogP contribution in [-0.2, 0) is 0 Å². The van der Waals surface area contributed by atoms with Crippen LogP contribution >= 0.6 is 0 Å². The van der Waals surface area contributed by atoms with Crippen LogP contribution in [0.1, 0.15) is 127 Å². The smallest absolute Gasteiger partial charge is 0.00104 e. The van der Waals surface area contributed by atoms with Gasteiger partial charge in [-0.3, -0.25) is 0 Å². The molecule has 1 rings (SSSR count). The SMILES string of the molecule is CCC(C)C1C(CC(CC)(CCCC(C)CCCC(C)N)CC(C)C)C1C(C)C. The molecule has 1 aliphatic carbocycles. The van der Waals surface area contributed by atoms with Crippen LogP contribution in [0.15, 0.2) is 0 Å². The number of nitrogens with two attached hydrogens (primary N) is 1. The Morgan fingerprint density at radius 1 is 0.828 bits per heavy atom. The van der Waals surface area contributed by atoms with Gasteiger partial charge in [0.15, 0.2) is 0 Å². The molecular weight excluding hydrogens is 350 g/mol. The van der Waals surface area contributed by atoms with Crippen LogP contribution < -0.4 is 5.73 Å². The minimum atomic E-state index is 0.367. The minimum Gasteiger partial charge on any atom is -0.328 e. The van der Waals surface area contributed by atoms with E-state index in [0.29, 0.717) is 11.5 Å². The second kappa shape index (κ2) is 12.7. The summed E-state index contributed by atoms with van der Waals surface area (Å²) < 4.78 is 0. The van der Waals surface area contributed by atoms with Crippen molar-refractivity contribution in [2.45, 2.75) is 133 Å². The normalized spacial score (nSPS) is 27.1. The second-order valence-corrected chi connectivity index (χ2v) is 12.0. The van der Waals surface area contributed by atoms with Gasteiger partial charge in [0, 0.05) is 6.04 Å². The molecule has 0 radical (unpaired) electrons. The zero-order chi connectivity index (χ0) is 22.2. The molecule has 1 saturated carbocycles. The first-order valence-electron chi connectivity index (χ1n) is 13.3. The summed E-state index contributed by atoms with van der Waals surface area (Å²) in [6.45, 7) is 21.8. The molecular formula is C28H57N. The van der Waals surface area contributed by atoms with Crippen molar-refractivity contribution in [3.8, 4) is 0 Å². The predicted octanol–water partition coefficient (Wildman–Crippen LogP) is 8.71. The van der Waals surface area contributed by atoms with Crippen molar-refractivity contribution < 1.29 is 0 Å². The van der Waals surface area contributed by atoms with E-state index in [-0.39, 0.29) is 0 Å². The van der Waals surface area contributed by atoms with Crippen molar-refractivity contribution in [3.63, 3.8) is 0 Å². The van der Waals surface area contributed by atoms with E-state index in [1.165, 1.54) is 64.2 Å².